The maximum absolute atomic E-state index is 11.9. The third-order valence-corrected chi connectivity index (χ3v) is 6.15. The lowest BCUT2D eigenvalue weighted by Crippen LogP contribution is -2.16. The van der Waals surface area contributed by atoms with Crippen LogP contribution in [0, 0.1) is 17.3 Å². The molecule has 29 heavy (non-hydrogen) atoms. The topological polar surface area (TPSA) is 93.8 Å². The van der Waals surface area contributed by atoms with Gasteiger partial charge in [0.1, 0.15) is 12.4 Å². The van der Waals surface area contributed by atoms with E-state index in [9.17, 15) is 14.9 Å². The van der Waals surface area contributed by atoms with E-state index in [0.29, 0.717) is 11.5 Å². The molecule has 0 aliphatic carbocycles. The summed E-state index contributed by atoms with van der Waals surface area (Å²) in [7, 11) is 0. The molecule has 0 unspecified atom stereocenters. The first-order chi connectivity index (χ1) is 13.9. The second kappa shape index (κ2) is 10.1. The van der Waals surface area contributed by atoms with Crippen LogP contribution in [0.15, 0.2) is 59.0 Å². The van der Waals surface area contributed by atoms with Crippen LogP contribution in [-0.2, 0) is 6.61 Å². The van der Waals surface area contributed by atoms with Crippen molar-refractivity contribution in [1.82, 2.24) is 5.43 Å². The van der Waals surface area contributed by atoms with Crippen LogP contribution in [0.3, 0.4) is 0 Å². The number of amides is 1. The Morgan fingerprint density at radius 1 is 1.21 bits per heavy atom. The molecule has 1 aromatic heterocycles. The molecule has 0 spiro atoms. The zero-order chi connectivity index (χ0) is 20.8. The van der Waals surface area contributed by atoms with Gasteiger partial charge in [0.2, 0.25) is 0 Å². The van der Waals surface area contributed by atoms with Crippen molar-refractivity contribution in [3.63, 3.8) is 0 Å². The maximum Gasteiger partial charge on any atom is 0.281 e. The lowest BCUT2D eigenvalue weighted by Gasteiger charge is -2.11. The Balaban J connectivity index is 1.63. The molecule has 3 aromatic rings. The van der Waals surface area contributed by atoms with Crippen molar-refractivity contribution in [2.75, 3.05) is 0 Å². The van der Waals surface area contributed by atoms with E-state index in [0.717, 1.165) is 24.0 Å². The van der Waals surface area contributed by atoms with E-state index in [1.54, 1.807) is 24.4 Å². The van der Waals surface area contributed by atoms with Crippen LogP contribution in [0.1, 0.15) is 20.8 Å². The second-order valence-electron chi connectivity index (χ2n) is 5.70. The Hall–Kier alpha value is -2.06. The Bertz CT molecular complexity index is 1030. The normalized spacial score (nSPS) is 10.8. The van der Waals surface area contributed by atoms with Crippen molar-refractivity contribution in [2.24, 2.45) is 5.10 Å². The molecule has 1 N–H and O–H groups in total. The van der Waals surface area contributed by atoms with Crippen molar-refractivity contribution in [3.05, 3.63) is 87.2 Å². The Labute approximate surface area is 197 Å². The quantitative estimate of drug-likeness (QED) is 0.168. The first kappa shape index (κ1) is 21.6. The zero-order valence-electron chi connectivity index (χ0n) is 14.7. The number of rotatable bonds is 7. The van der Waals surface area contributed by atoms with Crippen LogP contribution in [0.4, 0.5) is 5.69 Å². The largest absolute Gasteiger partial charge is 0.487 e. The van der Waals surface area contributed by atoms with Gasteiger partial charge in [-0.1, -0.05) is 6.07 Å². The van der Waals surface area contributed by atoms with E-state index in [1.807, 2.05) is 23.6 Å². The van der Waals surface area contributed by atoms with Gasteiger partial charge in [-0.05, 0) is 92.0 Å². The summed E-state index contributed by atoms with van der Waals surface area (Å²) in [4.78, 5) is 22.8. The molecule has 0 saturated heterocycles. The molecule has 0 bridgehead atoms. The first-order valence-electron chi connectivity index (χ1n) is 8.16. The molecule has 7 nitrogen and oxygen atoms in total. The highest BCUT2D eigenvalue weighted by Crippen LogP contribution is 2.29. The number of nitro benzene ring substituents is 1. The number of nitro groups is 1. The van der Waals surface area contributed by atoms with Gasteiger partial charge in [-0.2, -0.15) is 5.10 Å². The molecule has 0 radical (unpaired) electrons. The number of carbonyl (C=O) groups is 1. The molecule has 10 heteroatoms. The van der Waals surface area contributed by atoms with Crippen LogP contribution in [0.2, 0.25) is 0 Å². The summed E-state index contributed by atoms with van der Waals surface area (Å²) in [5, 5.41) is 16.6. The minimum atomic E-state index is -0.431. The van der Waals surface area contributed by atoms with Gasteiger partial charge in [0.05, 0.1) is 23.2 Å². The van der Waals surface area contributed by atoms with Gasteiger partial charge in [-0.3, -0.25) is 14.9 Å². The number of halogens is 2. The molecular formula is C19H13I2N3O4S. The number of ether oxygens (including phenoxy) is 1. The SMILES string of the molecule is O=C(N/N=C\c1cc(I)c(OCc2ccc([N+](=O)[O-])cc2)c(I)c1)c1cccs1. The summed E-state index contributed by atoms with van der Waals surface area (Å²) in [5.74, 6) is 0.480. The smallest absolute Gasteiger partial charge is 0.281 e. The maximum atomic E-state index is 11.9. The van der Waals surface area contributed by atoms with Crippen molar-refractivity contribution in [3.8, 4) is 5.75 Å². The summed E-state index contributed by atoms with van der Waals surface area (Å²) in [6, 6.07) is 13.6. The predicted octanol–water partition coefficient (Wildman–Crippen LogP) is 5.21. The number of thiophene rings is 1. The fraction of sp³-hybridized carbons (Fsp3) is 0.0526. The minimum Gasteiger partial charge on any atom is -0.487 e. The van der Waals surface area contributed by atoms with Crippen molar-refractivity contribution >= 4 is 74.3 Å². The van der Waals surface area contributed by atoms with Crippen LogP contribution >= 0.6 is 56.5 Å². The van der Waals surface area contributed by atoms with E-state index >= 15 is 0 Å². The Kier molecular flexibility index (Phi) is 7.55. The summed E-state index contributed by atoms with van der Waals surface area (Å²) in [6.45, 7) is 0.300. The Morgan fingerprint density at radius 3 is 2.48 bits per heavy atom. The average Bonchev–Trinajstić information content (AvgIpc) is 3.22. The highest BCUT2D eigenvalue weighted by atomic mass is 127. The number of hydrazone groups is 1. The third kappa shape index (κ3) is 5.96. The van der Waals surface area contributed by atoms with Gasteiger partial charge in [0, 0.05) is 12.1 Å². The number of hydrogen-bond acceptors (Lipinski definition) is 6. The number of nitrogens with zero attached hydrogens (tertiary/aromatic N) is 2. The molecule has 1 amide bonds. The van der Waals surface area contributed by atoms with Crippen LogP contribution in [0.5, 0.6) is 5.75 Å². The minimum absolute atomic E-state index is 0.0488. The van der Waals surface area contributed by atoms with Gasteiger partial charge in [0.15, 0.2) is 0 Å². The molecule has 3 rings (SSSR count). The third-order valence-electron chi connectivity index (χ3n) is 3.68. The van der Waals surface area contributed by atoms with E-state index in [1.165, 1.54) is 23.5 Å². The number of benzene rings is 2. The fourth-order valence-corrected chi connectivity index (χ4v) is 5.03. The van der Waals surface area contributed by atoms with Gasteiger partial charge in [0.25, 0.3) is 11.6 Å². The predicted molar refractivity (Wildman–Crippen MR) is 129 cm³/mol. The Morgan fingerprint density at radius 2 is 1.90 bits per heavy atom. The number of nitrogens with one attached hydrogen (secondary N) is 1. The average molecular weight is 633 g/mol. The van der Waals surface area contributed by atoms with Gasteiger partial charge in [-0.15, -0.1) is 11.3 Å². The van der Waals surface area contributed by atoms with Crippen LogP contribution in [-0.4, -0.2) is 17.0 Å². The van der Waals surface area contributed by atoms with Crippen molar-refractivity contribution in [2.45, 2.75) is 6.61 Å². The van der Waals surface area contributed by atoms with E-state index in [4.69, 9.17) is 4.74 Å². The van der Waals surface area contributed by atoms with Gasteiger partial charge < -0.3 is 4.74 Å². The molecule has 0 aliphatic rings. The summed E-state index contributed by atoms with van der Waals surface area (Å²) < 4.78 is 7.69. The summed E-state index contributed by atoms with van der Waals surface area (Å²) in [6.07, 6.45) is 1.58. The van der Waals surface area contributed by atoms with Crippen molar-refractivity contribution < 1.29 is 14.5 Å². The summed E-state index contributed by atoms with van der Waals surface area (Å²) in [5.41, 5.74) is 4.22. The molecule has 0 atom stereocenters. The highest BCUT2D eigenvalue weighted by Gasteiger charge is 2.10. The van der Waals surface area contributed by atoms with Crippen molar-refractivity contribution in [1.29, 1.82) is 0 Å². The zero-order valence-corrected chi connectivity index (χ0v) is 19.8. The number of carbonyl (C=O) groups excluding carboxylic acids is 1. The van der Waals surface area contributed by atoms with Gasteiger partial charge in [-0.25, -0.2) is 5.43 Å². The standard InChI is InChI=1S/C19H13I2N3O4S/c20-15-8-13(10-22-23-19(25)17-2-1-7-29-17)9-16(21)18(15)28-11-12-3-5-14(6-4-12)24(26)27/h1-10H,11H2,(H,23,25)/b22-10-. The van der Waals surface area contributed by atoms with E-state index < -0.39 is 4.92 Å². The number of non-ortho nitro benzene ring substituents is 1. The molecule has 1 heterocycles. The molecule has 0 aliphatic heterocycles. The monoisotopic (exact) mass is 633 g/mol. The molecule has 148 valence electrons. The number of hydrogen-bond donors (Lipinski definition) is 1. The summed E-state index contributed by atoms with van der Waals surface area (Å²) >= 11 is 5.70. The molecular weight excluding hydrogens is 620 g/mol. The lowest BCUT2D eigenvalue weighted by molar-refractivity contribution is -0.384. The molecule has 0 saturated carbocycles. The van der Waals surface area contributed by atoms with E-state index in [-0.39, 0.29) is 11.6 Å². The molecule has 0 fully saturated rings. The highest BCUT2D eigenvalue weighted by molar-refractivity contribution is 14.1. The molecule has 2 aromatic carbocycles. The van der Waals surface area contributed by atoms with Crippen LogP contribution in [0.25, 0.3) is 0 Å². The second-order valence-corrected chi connectivity index (χ2v) is 8.97. The first-order valence-corrected chi connectivity index (χ1v) is 11.2. The van der Waals surface area contributed by atoms with E-state index in [2.05, 4.69) is 55.7 Å². The van der Waals surface area contributed by atoms with Crippen LogP contribution < -0.4 is 10.2 Å². The lowest BCUT2D eigenvalue weighted by atomic mass is 10.2. The van der Waals surface area contributed by atoms with Gasteiger partial charge >= 0.3 is 0 Å². The fourth-order valence-electron chi connectivity index (χ4n) is 2.29.